The van der Waals surface area contributed by atoms with Gasteiger partial charge in [0.05, 0.1) is 0 Å². The van der Waals surface area contributed by atoms with E-state index in [-0.39, 0.29) is 29.0 Å². The summed E-state index contributed by atoms with van der Waals surface area (Å²) in [5, 5.41) is 11.9. The van der Waals surface area contributed by atoms with E-state index in [2.05, 4.69) is 5.32 Å². The van der Waals surface area contributed by atoms with Crippen LogP contribution in [0.5, 0.6) is 0 Å². The summed E-state index contributed by atoms with van der Waals surface area (Å²) >= 11 is 1.29. The Morgan fingerprint density at radius 3 is 2.22 bits per heavy atom. The van der Waals surface area contributed by atoms with E-state index in [9.17, 15) is 29.1 Å². The third-order valence-electron chi connectivity index (χ3n) is 5.97. The molecule has 2 aromatic carbocycles. The molecular formula is C24H23N5O6S. The van der Waals surface area contributed by atoms with Gasteiger partial charge in [-0.1, -0.05) is 30.3 Å². The largest absolute Gasteiger partial charge is 0.477 e. The van der Waals surface area contributed by atoms with Gasteiger partial charge in [-0.2, -0.15) is 0 Å². The summed E-state index contributed by atoms with van der Waals surface area (Å²) in [6, 6.07) is 10.9. The number of nitrogens with two attached hydrogens (primary N) is 3. The zero-order valence-corrected chi connectivity index (χ0v) is 19.7. The number of carboxylic acids is 1. The van der Waals surface area contributed by atoms with Crippen molar-refractivity contribution in [1.29, 1.82) is 0 Å². The second kappa shape index (κ2) is 9.84. The molecule has 0 radical (unpaired) electrons. The summed E-state index contributed by atoms with van der Waals surface area (Å²) in [5.41, 5.74) is 18.0. The Balaban J connectivity index is 1.56. The van der Waals surface area contributed by atoms with Gasteiger partial charge in [-0.15, -0.1) is 11.8 Å². The van der Waals surface area contributed by atoms with Crippen molar-refractivity contribution in [3.63, 3.8) is 0 Å². The molecule has 2 heterocycles. The average molecular weight is 510 g/mol. The number of benzene rings is 2. The van der Waals surface area contributed by atoms with E-state index in [1.54, 1.807) is 30.3 Å². The Kier molecular flexibility index (Phi) is 6.82. The van der Waals surface area contributed by atoms with Crippen LogP contribution in [0.4, 0.5) is 0 Å². The molecule has 0 bridgehead atoms. The van der Waals surface area contributed by atoms with E-state index < -0.39 is 47.1 Å². The number of hydrogen-bond donors (Lipinski definition) is 5. The molecule has 1 saturated heterocycles. The molecule has 0 unspecified atom stereocenters. The Hall–Kier alpha value is -4.16. The molecule has 3 atom stereocenters. The lowest BCUT2D eigenvalue weighted by Crippen LogP contribution is -2.71. The van der Waals surface area contributed by atoms with Crippen molar-refractivity contribution in [2.24, 2.45) is 17.2 Å². The molecule has 0 aromatic heterocycles. The number of carbonyl (C=O) groups is 5. The highest BCUT2D eigenvalue weighted by Gasteiger charge is 2.54. The molecule has 2 aromatic rings. The van der Waals surface area contributed by atoms with Crippen molar-refractivity contribution < 1.29 is 29.1 Å². The van der Waals surface area contributed by atoms with Crippen LogP contribution in [0.2, 0.25) is 0 Å². The highest BCUT2D eigenvalue weighted by Crippen LogP contribution is 2.41. The Bertz CT molecular complexity index is 1280. The summed E-state index contributed by atoms with van der Waals surface area (Å²) in [7, 11) is 0. The van der Waals surface area contributed by atoms with Gasteiger partial charge in [0.25, 0.3) is 5.91 Å². The lowest BCUT2D eigenvalue weighted by atomic mass is 9.96. The van der Waals surface area contributed by atoms with Gasteiger partial charge in [-0.25, -0.2) is 4.79 Å². The molecule has 4 amide bonds. The maximum Gasteiger partial charge on any atom is 0.352 e. The number of carboxylic acid groups (broad SMARTS) is 1. The minimum Gasteiger partial charge on any atom is -0.477 e. The molecule has 11 nitrogen and oxygen atoms in total. The maximum atomic E-state index is 12.9. The van der Waals surface area contributed by atoms with Crippen LogP contribution in [0.15, 0.2) is 59.8 Å². The molecule has 12 heteroatoms. The van der Waals surface area contributed by atoms with E-state index in [4.69, 9.17) is 17.2 Å². The van der Waals surface area contributed by atoms with E-state index >= 15 is 0 Å². The zero-order chi connectivity index (χ0) is 26.1. The van der Waals surface area contributed by atoms with Crippen molar-refractivity contribution >= 4 is 41.4 Å². The van der Waals surface area contributed by atoms with Gasteiger partial charge >= 0.3 is 5.97 Å². The number of nitrogens with one attached hydrogen (secondary N) is 1. The molecule has 0 saturated carbocycles. The van der Waals surface area contributed by atoms with Gasteiger partial charge in [0.2, 0.25) is 17.7 Å². The van der Waals surface area contributed by atoms with Crippen LogP contribution in [0.1, 0.15) is 37.9 Å². The highest BCUT2D eigenvalue weighted by molar-refractivity contribution is 8.00. The van der Waals surface area contributed by atoms with E-state index in [1.807, 2.05) is 0 Å². The van der Waals surface area contributed by atoms with E-state index in [0.717, 1.165) is 4.90 Å². The van der Waals surface area contributed by atoms with Crippen LogP contribution < -0.4 is 22.5 Å². The highest BCUT2D eigenvalue weighted by atomic mass is 32.2. The first-order valence-corrected chi connectivity index (χ1v) is 11.9. The van der Waals surface area contributed by atoms with Crippen molar-refractivity contribution in [2.45, 2.75) is 23.9 Å². The van der Waals surface area contributed by atoms with Crippen LogP contribution in [0, 0.1) is 0 Å². The number of carbonyl (C=O) groups excluding carboxylic acids is 4. The Morgan fingerprint density at radius 2 is 1.67 bits per heavy atom. The standard InChI is InChI=1S/C24H23N5O6S/c25-16(12-4-2-1-3-5-12)21(32)28-17-22(33)29-18(24(34)35)15(10-36-23(17)29)8-11-6-13(19(26)30)9-14(7-11)20(27)31/h1-7,9,16-17,23H,8,10,25H2,(H2,26,30)(H2,27,31)(H,28,32)(H,34,35)/t16-,17-,23-/m1/s1. The lowest BCUT2D eigenvalue weighted by molar-refractivity contribution is -0.150. The second-order valence-corrected chi connectivity index (χ2v) is 9.47. The molecule has 4 rings (SSSR count). The first-order chi connectivity index (χ1) is 17.1. The van der Waals surface area contributed by atoms with Crippen LogP contribution in [-0.2, 0) is 20.8 Å². The summed E-state index contributed by atoms with van der Waals surface area (Å²) < 4.78 is 0. The van der Waals surface area contributed by atoms with Gasteiger partial charge in [-0.3, -0.25) is 24.1 Å². The predicted molar refractivity (Wildman–Crippen MR) is 130 cm³/mol. The molecule has 0 spiro atoms. The molecule has 1 fully saturated rings. The summed E-state index contributed by atoms with van der Waals surface area (Å²) in [4.78, 5) is 62.2. The van der Waals surface area contributed by atoms with Crippen molar-refractivity contribution in [3.8, 4) is 0 Å². The number of amides is 4. The number of rotatable bonds is 8. The Labute approximate surface area is 209 Å². The molecular weight excluding hydrogens is 486 g/mol. The smallest absolute Gasteiger partial charge is 0.352 e. The van der Waals surface area contributed by atoms with Crippen molar-refractivity contribution in [2.75, 3.05) is 5.75 Å². The minimum absolute atomic E-state index is 0.0441. The fraction of sp³-hybridized carbons (Fsp3) is 0.208. The van der Waals surface area contributed by atoms with Crippen LogP contribution in [-0.4, -0.2) is 56.8 Å². The summed E-state index contributed by atoms with van der Waals surface area (Å²) in [6.45, 7) is 0. The first-order valence-electron chi connectivity index (χ1n) is 10.8. The molecule has 0 aliphatic carbocycles. The van der Waals surface area contributed by atoms with Gasteiger partial charge in [-0.05, 0) is 41.3 Å². The molecule has 2 aliphatic heterocycles. The Morgan fingerprint density at radius 1 is 1.06 bits per heavy atom. The monoisotopic (exact) mass is 509 g/mol. The molecule has 36 heavy (non-hydrogen) atoms. The van der Waals surface area contributed by atoms with E-state index in [1.165, 1.54) is 30.0 Å². The van der Waals surface area contributed by atoms with E-state index in [0.29, 0.717) is 16.7 Å². The van der Waals surface area contributed by atoms with Crippen LogP contribution in [0.25, 0.3) is 0 Å². The fourth-order valence-electron chi connectivity index (χ4n) is 4.20. The van der Waals surface area contributed by atoms with Crippen molar-refractivity contribution in [1.82, 2.24) is 10.2 Å². The normalized spacial score (nSPS) is 19.7. The predicted octanol–water partition coefficient (Wildman–Crippen LogP) is -0.134. The topological polar surface area (TPSA) is 199 Å². The first kappa shape index (κ1) is 24.9. The number of nitrogens with zero attached hydrogens (tertiary/aromatic N) is 1. The lowest BCUT2D eigenvalue weighted by Gasteiger charge is -2.49. The molecule has 2 aliphatic rings. The SMILES string of the molecule is NC(=O)c1cc(CC2=C(C(=O)O)N3C(=O)[C@@H](NC(=O)[C@H](N)c4ccccc4)[C@H]3SC2)cc(C(N)=O)c1. The number of hydrogen-bond acceptors (Lipinski definition) is 7. The summed E-state index contributed by atoms with van der Waals surface area (Å²) in [6.07, 6.45) is 0.0441. The van der Waals surface area contributed by atoms with Gasteiger partial charge in [0.15, 0.2) is 0 Å². The number of thioether (sulfide) groups is 1. The quantitative estimate of drug-likeness (QED) is 0.303. The van der Waals surface area contributed by atoms with Crippen LogP contribution in [0.3, 0.4) is 0 Å². The summed E-state index contributed by atoms with van der Waals surface area (Å²) in [5.74, 6) is -3.73. The van der Waals surface area contributed by atoms with Gasteiger partial charge < -0.3 is 27.6 Å². The zero-order valence-electron chi connectivity index (χ0n) is 18.8. The van der Waals surface area contributed by atoms with Crippen molar-refractivity contribution in [3.05, 3.63) is 82.1 Å². The number of β-lactam (4-membered cyclic amide) rings is 1. The fourth-order valence-corrected chi connectivity index (χ4v) is 5.54. The molecule has 186 valence electrons. The maximum absolute atomic E-state index is 12.9. The van der Waals surface area contributed by atoms with Gasteiger partial charge in [0.1, 0.15) is 23.2 Å². The average Bonchev–Trinajstić information content (AvgIpc) is 2.86. The minimum atomic E-state index is -1.31. The number of aliphatic carboxylic acids is 1. The second-order valence-electron chi connectivity index (χ2n) is 8.37. The van der Waals surface area contributed by atoms with Crippen LogP contribution >= 0.6 is 11.8 Å². The van der Waals surface area contributed by atoms with Gasteiger partial charge in [0, 0.05) is 16.9 Å². The third kappa shape index (κ3) is 4.68. The molecule has 8 N–H and O–H groups in total. The number of fused-ring (bicyclic) bond motifs is 1. The third-order valence-corrected chi connectivity index (χ3v) is 7.31. The number of primary amides is 2.